The lowest BCUT2D eigenvalue weighted by Gasteiger charge is -2.16. The van der Waals surface area contributed by atoms with Gasteiger partial charge in [-0.05, 0) is 6.92 Å². The van der Waals surface area contributed by atoms with Gasteiger partial charge in [-0.1, -0.05) is 20.8 Å². The Hall–Kier alpha value is -1.37. The predicted molar refractivity (Wildman–Crippen MR) is 62.7 cm³/mol. The molecule has 0 fully saturated rings. The van der Waals surface area contributed by atoms with Crippen molar-refractivity contribution in [3.63, 3.8) is 0 Å². The standard InChI is InChI=1S/C10H17N3O3S/c1-5-13-7-8(6-11-13)17(15,16)12-9(14)10(2,3)4/h6-7H,5H2,1-4H3,(H,12,14). The van der Waals surface area contributed by atoms with Gasteiger partial charge in [0.15, 0.2) is 0 Å². The van der Waals surface area contributed by atoms with Crippen LogP contribution in [0.5, 0.6) is 0 Å². The highest BCUT2D eigenvalue weighted by Crippen LogP contribution is 2.15. The van der Waals surface area contributed by atoms with Crippen molar-refractivity contribution in [2.75, 3.05) is 0 Å². The van der Waals surface area contributed by atoms with Crippen molar-refractivity contribution >= 4 is 15.9 Å². The summed E-state index contributed by atoms with van der Waals surface area (Å²) in [6.45, 7) is 7.35. The van der Waals surface area contributed by atoms with Gasteiger partial charge in [-0.2, -0.15) is 5.10 Å². The number of hydrogen-bond acceptors (Lipinski definition) is 4. The van der Waals surface area contributed by atoms with Crippen LogP contribution in [0, 0.1) is 5.41 Å². The van der Waals surface area contributed by atoms with Crippen LogP contribution in [0.1, 0.15) is 27.7 Å². The van der Waals surface area contributed by atoms with E-state index in [1.54, 1.807) is 20.8 Å². The Bertz CT molecular complexity index is 511. The number of hydrogen-bond donors (Lipinski definition) is 1. The molecule has 0 saturated carbocycles. The molecule has 0 aliphatic carbocycles. The molecule has 1 amide bonds. The van der Waals surface area contributed by atoms with Crippen LogP contribution in [-0.2, 0) is 21.4 Å². The summed E-state index contributed by atoms with van der Waals surface area (Å²) in [7, 11) is -3.81. The van der Waals surface area contributed by atoms with Gasteiger partial charge in [0.05, 0.1) is 6.20 Å². The van der Waals surface area contributed by atoms with E-state index in [4.69, 9.17) is 0 Å². The van der Waals surface area contributed by atoms with Gasteiger partial charge in [-0.15, -0.1) is 0 Å². The van der Waals surface area contributed by atoms with E-state index in [1.807, 2.05) is 11.6 Å². The van der Waals surface area contributed by atoms with Crippen molar-refractivity contribution in [2.45, 2.75) is 39.1 Å². The minimum absolute atomic E-state index is 0.00282. The van der Waals surface area contributed by atoms with Crippen LogP contribution in [0.3, 0.4) is 0 Å². The summed E-state index contributed by atoms with van der Waals surface area (Å²) in [5.41, 5.74) is -0.756. The molecule has 6 nitrogen and oxygen atoms in total. The topological polar surface area (TPSA) is 81.1 Å². The average Bonchev–Trinajstić information content (AvgIpc) is 2.64. The summed E-state index contributed by atoms with van der Waals surface area (Å²) in [4.78, 5) is 11.6. The molecule has 7 heteroatoms. The van der Waals surface area contributed by atoms with Crippen molar-refractivity contribution in [3.8, 4) is 0 Å². The molecule has 0 aromatic carbocycles. The first kappa shape index (κ1) is 13.7. The van der Waals surface area contributed by atoms with E-state index in [0.29, 0.717) is 6.54 Å². The molecular weight excluding hydrogens is 242 g/mol. The quantitative estimate of drug-likeness (QED) is 0.868. The number of sulfonamides is 1. The number of nitrogens with one attached hydrogen (secondary N) is 1. The van der Waals surface area contributed by atoms with Crippen molar-refractivity contribution in [3.05, 3.63) is 12.4 Å². The van der Waals surface area contributed by atoms with Crippen molar-refractivity contribution < 1.29 is 13.2 Å². The first-order chi connectivity index (χ1) is 7.66. The third-order valence-electron chi connectivity index (χ3n) is 2.15. The van der Waals surface area contributed by atoms with Gasteiger partial charge in [-0.25, -0.2) is 13.1 Å². The Morgan fingerprint density at radius 1 is 1.47 bits per heavy atom. The van der Waals surface area contributed by atoms with Gasteiger partial charge in [0, 0.05) is 18.2 Å². The smallest absolute Gasteiger partial charge is 0.267 e. The summed E-state index contributed by atoms with van der Waals surface area (Å²) >= 11 is 0. The molecule has 1 heterocycles. The van der Waals surface area contributed by atoms with Gasteiger partial charge in [0.25, 0.3) is 10.0 Å². The maximum atomic E-state index is 11.8. The SMILES string of the molecule is CCn1cc(S(=O)(=O)NC(=O)C(C)(C)C)cn1. The lowest BCUT2D eigenvalue weighted by atomic mass is 9.96. The Labute approximate surface area is 101 Å². The van der Waals surface area contributed by atoms with E-state index in [-0.39, 0.29) is 4.90 Å². The summed E-state index contributed by atoms with van der Waals surface area (Å²) in [5.74, 6) is -0.540. The van der Waals surface area contributed by atoms with Crippen LogP contribution in [0.4, 0.5) is 0 Å². The Morgan fingerprint density at radius 2 is 2.06 bits per heavy atom. The first-order valence-electron chi connectivity index (χ1n) is 5.26. The first-order valence-corrected chi connectivity index (χ1v) is 6.75. The van der Waals surface area contributed by atoms with Crippen LogP contribution in [0.2, 0.25) is 0 Å². The number of carbonyl (C=O) groups is 1. The Balaban J connectivity index is 2.93. The van der Waals surface area contributed by atoms with Crippen LogP contribution >= 0.6 is 0 Å². The second-order valence-corrected chi connectivity index (χ2v) is 6.40. The largest absolute Gasteiger partial charge is 0.273 e. The van der Waals surface area contributed by atoms with Crippen molar-refractivity contribution in [1.82, 2.24) is 14.5 Å². The average molecular weight is 259 g/mol. The van der Waals surface area contributed by atoms with Crippen LogP contribution in [0.25, 0.3) is 0 Å². The number of amides is 1. The highest BCUT2D eigenvalue weighted by atomic mass is 32.2. The zero-order valence-electron chi connectivity index (χ0n) is 10.4. The van der Waals surface area contributed by atoms with E-state index in [0.717, 1.165) is 0 Å². The molecule has 0 spiro atoms. The van der Waals surface area contributed by atoms with E-state index < -0.39 is 21.3 Å². The highest BCUT2D eigenvalue weighted by Gasteiger charge is 2.27. The number of aryl methyl sites for hydroxylation is 1. The molecule has 0 unspecified atom stereocenters. The maximum Gasteiger partial charge on any atom is 0.267 e. The lowest BCUT2D eigenvalue weighted by Crippen LogP contribution is -2.38. The third kappa shape index (κ3) is 3.29. The fourth-order valence-corrected chi connectivity index (χ4v) is 2.10. The molecule has 17 heavy (non-hydrogen) atoms. The maximum absolute atomic E-state index is 11.8. The van der Waals surface area contributed by atoms with Crippen molar-refractivity contribution in [1.29, 1.82) is 0 Å². The normalized spacial score (nSPS) is 12.5. The molecule has 0 atom stereocenters. The molecule has 0 saturated heterocycles. The summed E-state index contributed by atoms with van der Waals surface area (Å²) < 4.78 is 27.2. The Kier molecular flexibility index (Phi) is 3.61. The molecule has 0 aliphatic rings. The lowest BCUT2D eigenvalue weighted by molar-refractivity contribution is -0.126. The van der Waals surface area contributed by atoms with Gasteiger partial charge in [-0.3, -0.25) is 9.48 Å². The van der Waals surface area contributed by atoms with Gasteiger partial charge >= 0.3 is 0 Å². The summed E-state index contributed by atoms with van der Waals surface area (Å²) in [5, 5.41) is 3.86. The van der Waals surface area contributed by atoms with E-state index in [9.17, 15) is 13.2 Å². The molecule has 1 aromatic rings. The molecular formula is C10H17N3O3S. The zero-order chi connectivity index (χ0) is 13.3. The van der Waals surface area contributed by atoms with Crippen LogP contribution in [0.15, 0.2) is 17.3 Å². The van der Waals surface area contributed by atoms with Crippen LogP contribution < -0.4 is 4.72 Å². The molecule has 1 rings (SSSR count). The number of rotatable bonds is 3. The second-order valence-electron chi connectivity index (χ2n) is 4.72. The second kappa shape index (κ2) is 4.48. The van der Waals surface area contributed by atoms with Crippen molar-refractivity contribution in [2.24, 2.45) is 5.41 Å². The number of nitrogens with zero attached hydrogens (tertiary/aromatic N) is 2. The molecule has 96 valence electrons. The Morgan fingerprint density at radius 3 is 2.47 bits per heavy atom. The van der Waals surface area contributed by atoms with Crippen LogP contribution in [-0.4, -0.2) is 24.1 Å². The molecule has 0 aliphatic heterocycles. The highest BCUT2D eigenvalue weighted by molar-refractivity contribution is 7.90. The monoisotopic (exact) mass is 259 g/mol. The van der Waals surface area contributed by atoms with Gasteiger partial charge in [0.2, 0.25) is 5.91 Å². The van der Waals surface area contributed by atoms with Gasteiger partial charge < -0.3 is 0 Å². The van der Waals surface area contributed by atoms with E-state index >= 15 is 0 Å². The van der Waals surface area contributed by atoms with Gasteiger partial charge in [0.1, 0.15) is 4.90 Å². The molecule has 0 bridgehead atoms. The molecule has 0 radical (unpaired) electrons. The van der Waals surface area contributed by atoms with E-state index in [2.05, 4.69) is 5.10 Å². The third-order valence-corrected chi connectivity index (χ3v) is 3.44. The fraction of sp³-hybridized carbons (Fsp3) is 0.600. The van der Waals surface area contributed by atoms with E-state index in [1.165, 1.54) is 17.1 Å². The summed E-state index contributed by atoms with van der Waals surface area (Å²) in [6, 6.07) is 0. The minimum atomic E-state index is -3.81. The summed E-state index contributed by atoms with van der Waals surface area (Å²) in [6.07, 6.45) is 2.61. The molecule has 1 N–H and O–H groups in total. The predicted octanol–water partition coefficient (Wildman–Crippen LogP) is 0.754. The molecule has 1 aromatic heterocycles. The number of carbonyl (C=O) groups excluding carboxylic acids is 1. The zero-order valence-corrected chi connectivity index (χ0v) is 11.2. The fourth-order valence-electron chi connectivity index (χ4n) is 0.990. The number of aromatic nitrogens is 2. The minimum Gasteiger partial charge on any atom is -0.273 e.